The van der Waals surface area contributed by atoms with Crippen molar-refractivity contribution in [3.8, 4) is 0 Å². The molecular formula is C9H14N6O. The maximum atomic E-state index is 8.70. The Labute approximate surface area is 92.7 Å². The van der Waals surface area contributed by atoms with Crippen LogP contribution in [-0.2, 0) is 20.0 Å². The van der Waals surface area contributed by atoms with Crippen LogP contribution in [-0.4, -0.2) is 41.5 Å². The molecule has 2 aromatic heterocycles. The highest BCUT2D eigenvalue weighted by atomic mass is 16.2. The zero-order chi connectivity index (χ0) is 11.4. The topological polar surface area (TPSA) is 81.7 Å². The quantitative estimate of drug-likeness (QED) is 0.729. The first kappa shape index (κ1) is 10.7. The van der Waals surface area contributed by atoms with Crippen LogP contribution in [0.15, 0.2) is 12.5 Å². The van der Waals surface area contributed by atoms with Crippen LogP contribution >= 0.6 is 0 Å². The summed E-state index contributed by atoms with van der Waals surface area (Å²) in [5, 5.41) is 24.5. The number of aromatic nitrogens is 6. The summed E-state index contributed by atoms with van der Waals surface area (Å²) < 4.78 is 3.56. The van der Waals surface area contributed by atoms with Gasteiger partial charge in [-0.1, -0.05) is 5.21 Å². The summed E-state index contributed by atoms with van der Waals surface area (Å²) in [6.45, 7) is 0.735. The number of nitrogens with zero attached hydrogens (tertiary/aromatic N) is 6. The predicted octanol–water partition coefficient (Wildman–Crippen LogP) is -0.620. The van der Waals surface area contributed by atoms with Gasteiger partial charge in [0.15, 0.2) is 5.82 Å². The Bertz CT molecular complexity index is 448. The fraction of sp³-hybridized carbons (Fsp3) is 0.556. The van der Waals surface area contributed by atoms with Gasteiger partial charge in [0, 0.05) is 19.9 Å². The summed E-state index contributed by atoms with van der Waals surface area (Å²) in [6.07, 6.45) is 4.97. The molecule has 0 atom stereocenters. The van der Waals surface area contributed by atoms with Gasteiger partial charge in [0.25, 0.3) is 0 Å². The van der Waals surface area contributed by atoms with Crippen molar-refractivity contribution < 1.29 is 5.11 Å². The van der Waals surface area contributed by atoms with E-state index in [1.54, 1.807) is 11.0 Å². The second-order valence-corrected chi connectivity index (χ2v) is 3.59. The highest BCUT2D eigenvalue weighted by Gasteiger charge is 2.04. The molecule has 2 rings (SSSR count). The molecule has 2 aromatic rings. The molecule has 0 saturated heterocycles. The summed E-state index contributed by atoms with van der Waals surface area (Å²) in [6, 6.07) is 0. The molecule has 0 aliphatic rings. The van der Waals surface area contributed by atoms with E-state index in [1.165, 1.54) is 0 Å². The SMILES string of the molecule is Cn1cnnc1Cn1cc(CCCO)nn1. The van der Waals surface area contributed by atoms with Crippen molar-refractivity contribution in [3.63, 3.8) is 0 Å². The van der Waals surface area contributed by atoms with Gasteiger partial charge in [0.1, 0.15) is 12.9 Å². The van der Waals surface area contributed by atoms with E-state index in [0.29, 0.717) is 13.0 Å². The Kier molecular flexibility index (Phi) is 3.25. The lowest BCUT2D eigenvalue weighted by atomic mass is 10.3. The van der Waals surface area contributed by atoms with Crippen LogP contribution in [0.2, 0.25) is 0 Å². The van der Waals surface area contributed by atoms with Gasteiger partial charge in [-0.15, -0.1) is 15.3 Å². The Morgan fingerprint density at radius 2 is 2.25 bits per heavy atom. The molecular weight excluding hydrogens is 208 g/mol. The van der Waals surface area contributed by atoms with Crippen LogP contribution < -0.4 is 0 Å². The zero-order valence-corrected chi connectivity index (χ0v) is 9.11. The van der Waals surface area contributed by atoms with Gasteiger partial charge in [-0.25, -0.2) is 4.68 Å². The maximum Gasteiger partial charge on any atom is 0.154 e. The molecule has 0 saturated carbocycles. The number of rotatable bonds is 5. The summed E-state index contributed by atoms with van der Waals surface area (Å²) >= 11 is 0. The van der Waals surface area contributed by atoms with E-state index in [2.05, 4.69) is 20.5 Å². The molecule has 0 radical (unpaired) electrons. The number of aliphatic hydroxyl groups excluding tert-OH is 1. The van der Waals surface area contributed by atoms with Gasteiger partial charge < -0.3 is 9.67 Å². The highest BCUT2D eigenvalue weighted by molar-refractivity contribution is 4.94. The van der Waals surface area contributed by atoms with Crippen molar-refractivity contribution in [1.82, 2.24) is 29.8 Å². The molecule has 0 fully saturated rings. The van der Waals surface area contributed by atoms with Gasteiger partial charge in [0.05, 0.1) is 5.69 Å². The van der Waals surface area contributed by atoms with Crippen LogP contribution in [0.4, 0.5) is 0 Å². The van der Waals surface area contributed by atoms with E-state index in [0.717, 1.165) is 17.9 Å². The smallest absolute Gasteiger partial charge is 0.154 e. The number of hydrogen-bond acceptors (Lipinski definition) is 5. The highest BCUT2D eigenvalue weighted by Crippen LogP contribution is 2.00. The average Bonchev–Trinajstić information content (AvgIpc) is 2.87. The Morgan fingerprint density at radius 3 is 2.94 bits per heavy atom. The maximum absolute atomic E-state index is 8.70. The van der Waals surface area contributed by atoms with Crippen LogP contribution in [0.25, 0.3) is 0 Å². The molecule has 16 heavy (non-hydrogen) atoms. The van der Waals surface area contributed by atoms with Crippen molar-refractivity contribution in [2.45, 2.75) is 19.4 Å². The van der Waals surface area contributed by atoms with Crippen LogP contribution in [0.1, 0.15) is 17.9 Å². The largest absolute Gasteiger partial charge is 0.396 e. The van der Waals surface area contributed by atoms with Crippen molar-refractivity contribution >= 4 is 0 Å². The van der Waals surface area contributed by atoms with E-state index in [9.17, 15) is 0 Å². The lowest BCUT2D eigenvalue weighted by Gasteiger charge is -1.98. The van der Waals surface area contributed by atoms with Gasteiger partial charge in [-0.05, 0) is 12.8 Å². The molecule has 1 N–H and O–H groups in total. The molecule has 0 aliphatic heterocycles. The third kappa shape index (κ3) is 2.43. The second kappa shape index (κ2) is 4.84. The van der Waals surface area contributed by atoms with Crippen molar-refractivity contribution in [2.75, 3.05) is 6.61 Å². The van der Waals surface area contributed by atoms with Gasteiger partial charge in [-0.3, -0.25) is 0 Å². The molecule has 7 heteroatoms. The van der Waals surface area contributed by atoms with E-state index in [-0.39, 0.29) is 6.61 Å². The zero-order valence-electron chi connectivity index (χ0n) is 9.11. The van der Waals surface area contributed by atoms with Crippen molar-refractivity contribution in [1.29, 1.82) is 0 Å². The summed E-state index contributed by atoms with van der Waals surface area (Å²) in [4.78, 5) is 0. The fourth-order valence-corrected chi connectivity index (χ4v) is 1.39. The minimum absolute atomic E-state index is 0.177. The molecule has 2 heterocycles. The van der Waals surface area contributed by atoms with E-state index in [1.807, 2.05) is 17.8 Å². The van der Waals surface area contributed by atoms with Gasteiger partial charge in [-0.2, -0.15) is 0 Å². The predicted molar refractivity (Wildman–Crippen MR) is 55.5 cm³/mol. The first-order chi connectivity index (χ1) is 7.79. The fourth-order valence-electron chi connectivity index (χ4n) is 1.39. The van der Waals surface area contributed by atoms with E-state index < -0.39 is 0 Å². The molecule has 0 unspecified atom stereocenters. The lowest BCUT2D eigenvalue weighted by Crippen LogP contribution is -2.06. The molecule has 7 nitrogen and oxygen atoms in total. The van der Waals surface area contributed by atoms with Gasteiger partial charge in [0.2, 0.25) is 0 Å². The minimum atomic E-state index is 0.177. The van der Waals surface area contributed by atoms with E-state index in [4.69, 9.17) is 5.11 Å². The number of aliphatic hydroxyl groups is 1. The molecule has 0 aromatic carbocycles. The average molecular weight is 222 g/mol. The molecule has 0 spiro atoms. The van der Waals surface area contributed by atoms with Crippen LogP contribution in [0.3, 0.4) is 0 Å². The Hall–Kier alpha value is -1.76. The van der Waals surface area contributed by atoms with Crippen molar-refractivity contribution in [2.24, 2.45) is 7.05 Å². The third-order valence-corrected chi connectivity index (χ3v) is 2.29. The Balaban J connectivity index is 2.00. The summed E-state index contributed by atoms with van der Waals surface area (Å²) in [7, 11) is 1.89. The first-order valence-corrected chi connectivity index (χ1v) is 5.12. The minimum Gasteiger partial charge on any atom is -0.396 e. The first-order valence-electron chi connectivity index (χ1n) is 5.12. The Morgan fingerprint density at radius 1 is 1.38 bits per heavy atom. The number of aryl methyl sites for hydroxylation is 2. The molecule has 0 amide bonds. The number of hydrogen-bond donors (Lipinski definition) is 1. The summed E-state index contributed by atoms with van der Waals surface area (Å²) in [5.74, 6) is 0.832. The van der Waals surface area contributed by atoms with Crippen molar-refractivity contribution in [3.05, 3.63) is 24.0 Å². The standard InChI is InChI=1S/C9H14N6O/c1-14-7-10-12-9(14)6-15-5-8(11-13-15)3-2-4-16/h5,7,16H,2-4,6H2,1H3. The van der Waals surface area contributed by atoms with E-state index >= 15 is 0 Å². The van der Waals surface area contributed by atoms with Crippen LogP contribution in [0.5, 0.6) is 0 Å². The molecule has 0 aliphatic carbocycles. The normalized spacial score (nSPS) is 10.9. The lowest BCUT2D eigenvalue weighted by molar-refractivity contribution is 0.288. The molecule has 86 valence electrons. The monoisotopic (exact) mass is 222 g/mol. The second-order valence-electron chi connectivity index (χ2n) is 3.59. The summed E-state index contributed by atoms with van der Waals surface area (Å²) in [5.41, 5.74) is 0.885. The van der Waals surface area contributed by atoms with Crippen LogP contribution in [0, 0.1) is 0 Å². The molecule has 0 bridgehead atoms. The van der Waals surface area contributed by atoms with Gasteiger partial charge >= 0.3 is 0 Å². The third-order valence-electron chi connectivity index (χ3n) is 2.29.